The number of hydrogen-bond acceptors (Lipinski definition) is 10. The largest absolute Gasteiger partial charge is 0.476 e. The molecule has 1 fully saturated rings. The number of methoxy groups -OCH3 is 1. The predicted molar refractivity (Wildman–Crippen MR) is 116 cm³/mol. The van der Waals surface area contributed by atoms with Crippen LogP contribution in [0.15, 0.2) is 27.6 Å². The van der Waals surface area contributed by atoms with Gasteiger partial charge in [0.15, 0.2) is 0 Å². The molecule has 3 aromatic rings. The van der Waals surface area contributed by atoms with Crippen LogP contribution in [0.2, 0.25) is 0 Å². The first-order valence-electron chi connectivity index (χ1n) is 9.74. The lowest BCUT2D eigenvalue weighted by Crippen LogP contribution is -2.36. The zero-order chi connectivity index (χ0) is 21.4. The van der Waals surface area contributed by atoms with Crippen molar-refractivity contribution < 1.29 is 13.9 Å². The number of carbonyl (C=O) groups is 1. The van der Waals surface area contributed by atoms with Crippen LogP contribution in [0.5, 0.6) is 0 Å². The van der Waals surface area contributed by atoms with Crippen molar-refractivity contribution in [2.24, 2.45) is 4.99 Å². The maximum atomic E-state index is 12.1. The molecule has 158 valence electrons. The molecule has 1 saturated carbocycles. The van der Waals surface area contributed by atoms with E-state index in [0.717, 1.165) is 20.5 Å². The summed E-state index contributed by atoms with van der Waals surface area (Å²) in [4.78, 5) is 21.1. The normalized spacial score (nSPS) is 19.1. The van der Waals surface area contributed by atoms with Crippen molar-refractivity contribution in [3.05, 3.63) is 40.6 Å². The molecule has 5 rings (SSSR count). The van der Waals surface area contributed by atoms with Gasteiger partial charge in [0, 0.05) is 0 Å². The van der Waals surface area contributed by atoms with E-state index in [1.165, 1.54) is 5.56 Å². The summed E-state index contributed by atoms with van der Waals surface area (Å²) in [6.45, 7) is 0.707. The number of thioether (sulfide) groups is 1. The molecule has 1 aromatic carbocycles. The molecule has 2 aromatic heterocycles. The number of nitrogens with one attached hydrogen (secondary N) is 1. The van der Waals surface area contributed by atoms with Gasteiger partial charge in [0.2, 0.25) is 22.9 Å². The van der Waals surface area contributed by atoms with E-state index in [2.05, 4.69) is 43.7 Å². The monoisotopic (exact) mass is 454 g/mol. The summed E-state index contributed by atoms with van der Waals surface area (Å²) < 4.78 is 11.9. The van der Waals surface area contributed by atoms with E-state index in [-0.39, 0.29) is 23.5 Å². The van der Waals surface area contributed by atoms with Gasteiger partial charge in [-0.25, -0.2) is 9.98 Å². The molecule has 11 heteroatoms. The van der Waals surface area contributed by atoms with Crippen LogP contribution in [0.1, 0.15) is 40.4 Å². The minimum atomic E-state index is -0.700. The van der Waals surface area contributed by atoms with E-state index in [4.69, 9.17) is 14.4 Å². The Morgan fingerprint density at radius 2 is 2.23 bits per heavy atom. The lowest BCUT2D eigenvalue weighted by atomic mass is 10.1. The van der Waals surface area contributed by atoms with Crippen LogP contribution in [0.3, 0.4) is 0 Å². The number of thiazole rings is 1. The molecule has 1 atom stereocenters. The minimum Gasteiger partial charge on any atom is -0.476 e. The van der Waals surface area contributed by atoms with Crippen LogP contribution >= 0.6 is 23.1 Å². The lowest BCUT2D eigenvalue weighted by Gasteiger charge is -2.07. The van der Waals surface area contributed by atoms with Crippen molar-refractivity contribution in [1.29, 1.82) is 5.26 Å². The molecule has 2 aliphatic rings. The predicted octanol–water partition coefficient (Wildman–Crippen LogP) is 2.78. The van der Waals surface area contributed by atoms with Crippen LogP contribution in [-0.4, -0.2) is 45.5 Å². The molecule has 1 amide bonds. The molecule has 1 aliphatic heterocycles. The summed E-state index contributed by atoms with van der Waals surface area (Å²) in [6.07, 6.45) is 1.73. The molecule has 31 heavy (non-hydrogen) atoms. The van der Waals surface area contributed by atoms with E-state index in [1.54, 1.807) is 30.2 Å². The number of nitriles is 1. The third-order valence-corrected chi connectivity index (χ3v) is 7.32. The molecule has 0 bridgehead atoms. The highest BCUT2D eigenvalue weighted by Gasteiger charge is 2.44. The SMILES string of the molecule is COC1=NCC(c2ccc3nc(Cc4nnc(CC(=O)NC5(C#N)CC5)o4)sc3c2)S1. The number of fused-ring (bicyclic) bond motifs is 1. The van der Waals surface area contributed by atoms with Gasteiger partial charge >= 0.3 is 0 Å². The van der Waals surface area contributed by atoms with Crippen LogP contribution in [0.4, 0.5) is 0 Å². The standard InChI is InChI=1S/C20H18N6O3S2/c1-28-19-22-9-14(31-19)11-2-3-12-13(6-11)30-18(23-12)8-17-26-25-16(29-17)7-15(27)24-20(10-21)4-5-20/h2-3,6,14H,4-5,7-9H2,1H3,(H,24,27). The Morgan fingerprint density at radius 1 is 1.39 bits per heavy atom. The third kappa shape index (κ3) is 4.26. The summed E-state index contributed by atoms with van der Waals surface area (Å²) in [5, 5.41) is 21.6. The fourth-order valence-electron chi connectivity index (χ4n) is 3.30. The number of aliphatic imine (C=N–C) groups is 1. The minimum absolute atomic E-state index is 0.0375. The topological polar surface area (TPSA) is 126 Å². The number of aromatic nitrogens is 3. The van der Waals surface area contributed by atoms with Crippen LogP contribution in [0.25, 0.3) is 10.2 Å². The second kappa shape index (κ2) is 7.94. The Labute approximate surface area is 185 Å². The zero-order valence-corrected chi connectivity index (χ0v) is 18.3. The van der Waals surface area contributed by atoms with Gasteiger partial charge in [0.1, 0.15) is 17.0 Å². The van der Waals surface area contributed by atoms with Gasteiger partial charge in [0.25, 0.3) is 0 Å². The summed E-state index contributed by atoms with van der Waals surface area (Å²) in [5.74, 6) is 0.358. The quantitative estimate of drug-likeness (QED) is 0.602. The molecule has 0 spiro atoms. The second-order valence-corrected chi connectivity index (χ2v) is 9.71. The van der Waals surface area contributed by atoms with Gasteiger partial charge in [-0.2, -0.15) is 5.26 Å². The van der Waals surface area contributed by atoms with Gasteiger partial charge in [-0.1, -0.05) is 17.8 Å². The summed E-state index contributed by atoms with van der Waals surface area (Å²) in [6, 6.07) is 8.37. The van der Waals surface area contributed by atoms with Gasteiger partial charge in [-0.05, 0) is 30.5 Å². The van der Waals surface area contributed by atoms with E-state index in [1.807, 2.05) is 6.07 Å². The van der Waals surface area contributed by atoms with Crippen molar-refractivity contribution in [2.45, 2.75) is 36.5 Å². The van der Waals surface area contributed by atoms with Crippen LogP contribution in [-0.2, 0) is 22.4 Å². The smallest absolute Gasteiger partial charge is 0.246 e. The summed E-state index contributed by atoms with van der Waals surface area (Å²) in [5.41, 5.74) is 1.42. The second-order valence-electron chi connectivity index (χ2n) is 7.44. The molecule has 0 saturated heterocycles. The molecule has 1 aliphatic carbocycles. The average Bonchev–Trinajstić information content (AvgIpc) is 3.13. The summed E-state index contributed by atoms with van der Waals surface area (Å²) in [7, 11) is 1.64. The summed E-state index contributed by atoms with van der Waals surface area (Å²) >= 11 is 3.21. The lowest BCUT2D eigenvalue weighted by molar-refractivity contribution is -0.121. The Morgan fingerprint density at radius 3 is 2.97 bits per heavy atom. The average molecular weight is 455 g/mol. The third-order valence-electron chi connectivity index (χ3n) is 5.10. The molecular weight excluding hydrogens is 436 g/mol. The number of rotatable bonds is 6. The van der Waals surface area contributed by atoms with Crippen molar-refractivity contribution >= 4 is 44.5 Å². The van der Waals surface area contributed by atoms with Crippen LogP contribution in [0, 0.1) is 11.3 Å². The highest BCUT2D eigenvalue weighted by Crippen LogP contribution is 2.37. The van der Waals surface area contributed by atoms with E-state index < -0.39 is 5.54 Å². The first-order chi connectivity index (χ1) is 15.1. The highest BCUT2D eigenvalue weighted by atomic mass is 32.2. The van der Waals surface area contributed by atoms with Crippen molar-refractivity contribution in [3.63, 3.8) is 0 Å². The maximum absolute atomic E-state index is 12.1. The molecule has 9 nitrogen and oxygen atoms in total. The van der Waals surface area contributed by atoms with Crippen LogP contribution < -0.4 is 5.32 Å². The zero-order valence-electron chi connectivity index (χ0n) is 16.6. The Hall–Kier alpha value is -2.97. The first kappa shape index (κ1) is 20.0. The highest BCUT2D eigenvalue weighted by molar-refractivity contribution is 8.14. The van der Waals surface area contributed by atoms with E-state index in [9.17, 15) is 4.79 Å². The van der Waals surface area contributed by atoms with Gasteiger partial charge in [-0.3, -0.25) is 4.79 Å². The number of nitrogens with zero attached hydrogens (tertiary/aromatic N) is 5. The van der Waals surface area contributed by atoms with Gasteiger partial charge < -0.3 is 14.5 Å². The maximum Gasteiger partial charge on any atom is 0.246 e. The van der Waals surface area contributed by atoms with Crippen molar-refractivity contribution in [2.75, 3.05) is 13.7 Å². The number of carbonyl (C=O) groups excluding carboxylic acids is 1. The molecule has 1 N–H and O–H groups in total. The molecule has 1 unspecified atom stereocenters. The molecule has 3 heterocycles. The Bertz CT molecular complexity index is 1220. The number of benzene rings is 1. The van der Waals surface area contributed by atoms with E-state index in [0.29, 0.717) is 31.7 Å². The van der Waals surface area contributed by atoms with E-state index >= 15 is 0 Å². The first-order valence-corrected chi connectivity index (χ1v) is 11.4. The Kier molecular flexibility index (Phi) is 5.11. The number of ether oxygens (including phenoxy) is 1. The fourth-order valence-corrected chi connectivity index (χ4v) is 5.23. The fraction of sp³-hybridized carbons (Fsp3) is 0.400. The van der Waals surface area contributed by atoms with Crippen molar-refractivity contribution in [1.82, 2.24) is 20.5 Å². The molecule has 0 radical (unpaired) electrons. The number of amides is 1. The van der Waals surface area contributed by atoms with Gasteiger partial charge in [-0.15, -0.1) is 21.5 Å². The Balaban J connectivity index is 1.24. The number of hydrogen-bond donors (Lipinski definition) is 1. The van der Waals surface area contributed by atoms with Gasteiger partial charge in [0.05, 0.1) is 41.6 Å². The van der Waals surface area contributed by atoms with Crippen molar-refractivity contribution in [3.8, 4) is 6.07 Å². The molecular formula is C20H18N6O3S2.